The minimum absolute atomic E-state index is 0.131. The molecule has 34 heavy (non-hydrogen) atoms. The summed E-state index contributed by atoms with van der Waals surface area (Å²) in [6.07, 6.45) is 2.94. The minimum Gasteiger partial charge on any atom is -0.494 e. The first-order valence-corrected chi connectivity index (χ1v) is 11.5. The zero-order chi connectivity index (χ0) is 24.2. The molecule has 0 bridgehead atoms. The Labute approximate surface area is 202 Å². The summed E-state index contributed by atoms with van der Waals surface area (Å²) in [4.78, 5) is 19.2. The molecule has 3 aromatic rings. The van der Waals surface area contributed by atoms with Crippen LogP contribution in [-0.2, 0) is 0 Å². The Hall–Kier alpha value is -3.39. The van der Waals surface area contributed by atoms with Crippen LogP contribution in [0.15, 0.2) is 52.7 Å². The van der Waals surface area contributed by atoms with Crippen LogP contribution >= 0.6 is 11.6 Å². The van der Waals surface area contributed by atoms with Crippen molar-refractivity contribution in [2.75, 3.05) is 13.7 Å². The third-order valence-electron chi connectivity index (χ3n) is 5.85. The molecule has 7 nitrogen and oxygen atoms in total. The van der Waals surface area contributed by atoms with Crippen LogP contribution < -0.4 is 10.1 Å². The predicted molar refractivity (Wildman–Crippen MR) is 128 cm³/mol. The first-order valence-electron chi connectivity index (χ1n) is 11.1. The number of allylic oxidation sites excluding steroid dienone is 1. The van der Waals surface area contributed by atoms with Gasteiger partial charge in [0.25, 0.3) is 5.89 Å². The fourth-order valence-electron chi connectivity index (χ4n) is 4.01. The molecule has 1 aromatic heterocycles. The van der Waals surface area contributed by atoms with Crippen molar-refractivity contribution in [2.24, 2.45) is 0 Å². The Morgan fingerprint density at radius 1 is 1.21 bits per heavy atom. The Kier molecular flexibility index (Phi) is 7.17. The number of methoxy groups -OCH3 is 1. The summed E-state index contributed by atoms with van der Waals surface area (Å²) >= 11 is 6.07. The highest BCUT2D eigenvalue weighted by Gasteiger charge is 2.35. The van der Waals surface area contributed by atoms with Gasteiger partial charge in [0, 0.05) is 22.8 Å². The monoisotopic (exact) mass is 484 g/mol. The highest BCUT2D eigenvalue weighted by atomic mass is 35.5. The van der Waals surface area contributed by atoms with Crippen molar-refractivity contribution in [3.05, 3.63) is 70.5 Å². The molecule has 0 radical (unpaired) electrons. The second kappa shape index (κ2) is 10.3. The molecule has 1 aliphatic rings. The number of unbranched alkanes of at least 4 members (excludes halogenated alkanes) is 2. The second-order valence-corrected chi connectivity index (χ2v) is 8.50. The van der Waals surface area contributed by atoms with E-state index >= 15 is 0 Å². The van der Waals surface area contributed by atoms with Crippen LogP contribution in [0, 0.1) is 5.82 Å². The largest absolute Gasteiger partial charge is 0.494 e. The molecule has 1 N–H and O–H groups in total. The third kappa shape index (κ3) is 4.77. The lowest BCUT2D eigenvalue weighted by molar-refractivity contribution is 0.204. The standard InChI is InChI=1S/C25H26ClFN4O3/c1-4-5-6-13-31-15(2)21(22(28-25(31)32)16-7-10-18(26)11-8-16)24-29-23(30-34-24)17-9-12-20(33-3)19(27)14-17/h7-12,14,22H,4-6,13H2,1-3H3,(H,28,32). The number of amides is 2. The molecule has 0 spiro atoms. The number of nitrogens with one attached hydrogen (secondary N) is 1. The van der Waals surface area contributed by atoms with Crippen molar-refractivity contribution in [3.8, 4) is 17.1 Å². The van der Waals surface area contributed by atoms with E-state index in [1.54, 1.807) is 23.1 Å². The van der Waals surface area contributed by atoms with Gasteiger partial charge in [0.05, 0.1) is 18.7 Å². The van der Waals surface area contributed by atoms with Gasteiger partial charge in [0.2, 0.25) is 5.82 Å². The summed E-state index contributed by atoms with van der Waals surface area (Å²) in [5.74, 6) is 0.102. The van der Waals surface area contributed by atoms with Gasteiger partial charge in [-0.3, -0.25) is 4.90 Å². The Morgan fingerprint density at radius 3 is 2.65 bits per heavy atom. The van der Waals surface area contributed by atoms with Gasteiger partial charge in [-0.25, -0.2) is 9.18 Å². The molecule has 9 heteroatoms. The van der Waals surface area contributed by atoms with Crippen LogP contribution in [0.25, 0.3) is 17.0 Å². The fraction of sp³-hybridized carbons (Fsp3) is 0.320. The third-order valence-corrected chi connectivity index (χ3v) is 6.10. The highest BCUT2D eigenvalue weighted by molar-refractivity contribution is 6.30. The summed E-state index contributed by atoms with van der Waals surface area (Å²) in [7, 11) is 1.40. The molecule has 1 aliphatic heterocycles. The summed E-state index contributed by atoms with van der Waals surface area (Å²) in [5, 5.41) is 7.73. The Morgan fingerprint density at radius 2 is 1.97 bits per heavy atom. The number of ether oxygens (including phenoxy) is 1. The molecule has 178 valence electrons. The van der Waals surface area contributed by atoms with Gasteiger partial charge >= 0.3 is 6.03 Å². The van der Waals surface area contributed by atoms with Crippen molar-refractivity contribution in [1.29, 1.82) is 0 Å². The number of hydrogen-bond donors (Lipinski definition) is 1. The van der Waals surface area contributed by atoms with E-state index in [0.717, 1.165) is 30.5 Å². The molecule has 4 rings (SSSR count). The van der Waals surface area contributed by atoms with Crippen LogP contribution in [0.1, 0.15) is 50.6 Å². The van der Waals surface area contributed by atoms with Crippen molar-refractivity contribution >= 4 is 23.2 Å². The summed E-state index contributed by atoms with van der Waals surface area (Å²) in [6, 6.07) is 11.0. The van der Waals surface area contributed by atoms with Gasteiger partial charge in [0.15, 0.2) is 11.6 Å². The zero-order valence-corrected chi connectivity index (χ0v) is 20.0. The van der Waals surface area contributed by atoms with E-state index in [9.17, 15) is 9.18 Å². The van der Waals surface area contributed by atoms with Crippen molar-refractivity contribution in [2.45, 2.75) is 39.2 Å². The highest BCUT2D eigenvalue weighted by Crippen LogP contribution is 2.38. The summed E-state index contributed by atoms with van der Waals surface area (Å²) < 4.78 is 24.8. The second-order valence-electron chi connectivity index (χ2n) is 8.06. The normalized spacial score (nSPS) is 16.1. The summed E-state index contributed by atoms with van der Waals surface area (Å²) in [6.45, 7) is 4.57. The fourth-order valence-corrected chi connectivity index (χ4v) is 4.13. The molecule has 1 atom stereocenters. The van der Waals surface area contributed by atoms with E-state index in [1.165, 1.54) is 19.2 Å². The number of nitrogens with zero attached hydrogens (tertiary/aromatic N) is 3. The number of halogens is 2. The number of aromatic nitrogens is 2. The van der Waals surface area contributed by atoms with E-state index in [2.05, 4.69) is 22.4 Å². The smallest absolute Gasteiger partial charge is 0.322 e. The van der Waals surface area contributed by atoms with Gasteiger partial charge in [0.1, 0.15) is 0 Å². The molecule has 0 saturated heterocycles. The van der Waals surface area contributed by atoms with Crippen LogP contribution in [0.4, 0.5) is 9.18 Å². The van der Waals surface area contributed by atoms with E-state index in [1.807, 2.05) is 19.1 Å². The maximum Gasteiger partial charge on any atom is 0.322 e. The molecule has 0 saturated carbocycles. The SMILES string of the molecule is CCCCCN1C(=O)NC(c2ccc(Cl)cc2)C(c2nc(-c3ccc(OC)c(F)c3)no2)=C1C. The zero-order valence-electron chi connectivity index (χ0n) is 19.3. The van der Waals surface area contributed by atoms with Crippen LogP contribution in [0.5, 0.6) is 5.75 Å². The first kappa shape index (κ1) is 23.8. The number of benzene rings is 2. The Bertz CT molecular complexity index is 1210. The van der Waals surface area contributed by atoms with Crippen LogP contribution in [0.2, 0.25) is 5.02 Å². The van der Waals surface area contributed by atoms with Gasteiger partial charge in [-0.15, -0.1) is 0 Å². The first-order chi connectivity index (χ1) is 16.4. The number of carbonyl (C=O) groups is 1. The van der Waals surface area contributed by atoms with Gasteiger partial charge < -0.3 is 14.6 Å². The lowest BCUT2D eigenvalue weighted by Crippen LogP contribution is -2.46. The molecule has 2 amide bonds. The lowest BCUT2D eigenvalue weighted by Gasteiger charge is -2.35. The van der Waals surface area contributed by atoms with Gasteiger partial charge in [-0.1, -0.05) is 48.7 Å². The topological polar surface area (TPSA) is 80.5 Å². The quantitative estimate of drug-likeness (QED) is 0.383. The number of rotatable bonds is 8. The van der Waals surface area contributed by atoms with Crippen molar-refractivity contribution < 1.29 is 18.4 Å². The predicted octanol–water partition coefficient (Wildman–Crippen LogP) is 6.23. The Balaban J connectivity index is 1.76. The number of hydrogen-bond acceptors (Lipinski definition) is 5. The molecule has 2 aromatic carbocycles. The van der Waals surface area contributed by atoms with E-state index in [4.69, 9.17) is 20.9 Å². The van der Waals surface area contributed by atoms with Crippen LogP contribution in [0.3, 0.4) is 0 Å². The minimum atomic E-state index is -0.521. The molecule has 0 fully saturated rings. The molecular formula is C25H26ClFN4O3. The number of carbonyl (C=O) groups excluding carboxylic acids is 1. The van der Waals surface area contributed by atoms with E-state index in [-0.39, 0.29) is 23.5 Å². The maximum absolute atomic E-state index is 14.2. The molecular weight excluding hydrogens is 459 g/mol. The maximum atomic E-state index is 14.2. The molecule has 0 aliphatic carbocycles. The average Bonchev–Trinajstić information content (AvgIpc) is 3.31. The van der Waals surface area contributed by atoms with E-state index < -0.39 is 11.9 Å². The molecule has 1 unspecified atom stereocenters. The summed E-state index contributed by atoms with van der Waals surface area (Å²) in [5.41, 5.74) is 2.70. The van der Waals surface area contributed by atoms with Gasteiger partial charge in [-0.05, 0) is 49.2 Å². The number of urea groups is 1. The lowest BCUT2D eigenvalue weighted by atomic mass is 9.94. The molecule has 2 heterocycles. The van der Waals surface area contributed by atoms with E-state index in [0.29, 0.717) is 22.7 Å². The van der Waals surface area contributed by atoms with Crippen molar-refractivity contribution in [1.82, 2.24) is 20.4 Å². The van der Waals surface area contributed by atoms with Crippen molar-refractivity contribution in [3.63, 3.8) is 0 Å². The van der Waals surface area contributed by atoms with Crippen LogP contribution in [-0.4, -0.2) is 34.7 Å². The average molecular weight is 485 g/mol. The van der Waals surface area contributed by atoms with Gasteiger partial charge in [-0.2, -0.15) is 4.98 Å².